The van der Waals surface area contributed by atoms with Crippen molar-refractivity contribution in [2.45, 2.75) is 25.9 Å². The summed E-state index contributed by atoms with van der Waals surface area (Å²) < 4.78 is 5.54. The maximum atomic E-state index is 12.4. The SMILES string of the molecule is Cc1cnc(CN(C)C2CCN(CC(=O)N(C)c3nccs3)C2)o1. The fraction of sp³-hybridized carbons (Fsp3) is 0.562. The van der Waals surface area contributed by atoms with Crippen molar-refractivity contribution in [2.75, 3.05) is 38.6 Å². The summed E-state index contributed by atoms with van der Waals surface area (Å²) in [7, 11) is 3.86. The Bertz CT molecular complexity index is 672. The molecule has 0 bridgehead atoms. The summed E-state index contributed by atoms with van der Waals surface area (Å²) >= 11 is 1.48. The topological polar surface area (TPSA) is 65.7 Å². The highest BCUT2D eigenvalue weighted by atomic mass is 32.1. The van der Waals surface area contributed by atoms with Gasteiger partial charge in [-0.1, -0.05) is 0 Å². The number of hydrogen-bond donors (Lipinski definition) is 0. The summed E-state index contributed by atoms with van der Waals surface area (Å²) in [4.78, 5) is 26.9. The number of nitrogens with zero attached hydrogens (tertiary/aromatic N) is 5. The average Bonchev–Trinajstić information content (AvgIpc) is 3.28. The molecule has 0 N–H and O–H groups in total. The number of anilines is 1. The summed E-state index contributed by atoms with van der Waals surface area (Å²) in [6, 6.07) is 0.412. The van der Waals surface area contributed by atoms with E-state index in [-0.39, 0.29) is 5.91 Å². The van der Waals surface area contributed by atoms with Gasteiger partial charge in [-0.05, 0) is 20.4 Å². The summed E-state index contributed by atoms with van der Waals surface area (Å²) in [5, 5.41) is 2.62. The van der Waals surface area contributed by atoms with Gasteiger partial charge in [-0.2, -0.15) is 0 Å². The van der Waals surface area contributed by atoms with E-state index in [0.29, 0.717) is 19.1 Å². The zero-order valence-corrected chi connectivity index (χ0v) is 15.1. The molecule has 0 saturated carbocycles. The predicted molar refractivity (Wildman–Crippen MR) is 93.1 cm³/mol. The summed E-state index contributed by atoms with van der Waals surface area (Å²) in [6.45, 7) is 4.83. The average molecular weight is 349 g/mol. The number of oxazole rings is 1. The maximum Gasteiger partial charge on any atom is 0.242 e. The van der Waals surface area contributed by atoms with Gasteiger partial charge in [-0.25, -0.2) is 9.97 Å². The minimum absolute atomic E-state index is 0.0802. The molecule has 0 radical (unpaired) electrons. The van der Waals surface area contributed by atoms with Crippen LogP contribution in [-0.4, -0.2) is 65.4 Å². The lowest BCUT2D eigenvalue weighted by atomic mass is 10.2. The molecule has 3 rings (SSSR count). The van der Waals surface area contributed by atoms with Crippen molar-refractivity contribution in [2.24, 2.45) is 0 Å². The van der Waals surface area contributed by atoms with Gasteiger partial charge in [-0.15, -0.1) is 11.3 Å². The molecule has 2 aromatic rings. The number of aromatic nitrogens is 2. The molecule has 0 aliphatic carbocycles. The molecule has 1 aliphatic heterocycles. The lowest BCUT2D eigenvalue weighted by molar-refractivity contribution is -0.119. The van der Waals surface area contributed by atoms with Crippen molar-refractivity contribution in [1.29, 1.82) is 0 Å². The maximum absolute atomic E-state index is 12.4. The van der Waals surface area contributed by atoms with Crippen LogP contribution in [0, 0.1) is 6.92 Å². The number of likely N-dealkylation sites (N-methyl/N-ethyl adjacent to an activating group) is 2. The largest absolute Gasteiger partial charge is 0.445 e. The highest BCUT2D eigenvalue weighted by Crippen LogP contribution is 2.19. The number of likely N-dealkylation sites (tertiary alicyclic amines) is 1. The van der Waals surface area contributed by atoms with Gasteiger partial charge in [0, 0.05) is 37.8 Å². The Balaban J connectivity index is 1.49. The molecular formula is C16H23N5O2S. The van der Waals surface area contributed by atoms with Gasteiger partial charge < -0.3 is 4.42 Å². The first-order chi connectivity index (χ1) is 11.5. The second-order valence-corrected chi connectivity index (χ2v) is 7.10. The van der Waals surface area contributed by atoms with Gasteiger partial charge in [0.05, 0.1) is 19.3 Å². The summed E-state index contributed by atoms with van der Waals surface area (Å²) in [5.74, 6) is 1.66. The van der Waals surface area contributed by atoms with Crippen molar-refractivity contribution in [3.63, 3.8) is 0 Å². The van der Waals surface area contributed by atoms with Crippen LogP contribution in [0.5, 0.6) is 0 Å². The van der Waals surface area contributed by atoms with Crippen LogP contribution < -0.4 is 4.90 Å². The standard InChI is InChI=1S/C16H23N5O2S/c1-12-8-18-14(23-12)10-19(2)13-4-6-21(9-13)11-15(22)20(3)16-17-5-7-24-16/h5,7-8,13H,4,6,9-11H2,1-3H3. The first kappa shape index (κ1) is 17.1. The van der Waals surface area contributed by atoms with Crippen molar-refractivity contribution >= 4 is 22.4 Å². The second-order valence-electron chi connectivity index (χ2n) is 6.22. The minimum Gasteiger partial charge on any atom is -0.445 e. The number of carbonyl (C=O) groups is 1. The van der Waals surface area contributed by atoms with E-state index in [1.54, 1.807) is 24.3 Å². The number of hydrogen-bond acceptors (Lipinski definition) is 7. The zero-order valence-electron chi connectivity index (χ0n) is 14.3. The molecule has 0 spiro atoms. The second kappa shape index (κ2) is 7.42. The molecule has 2 aromatic heterocycles. The van der Waals surface area contributed by atoms with Crippen molar-refractivity contribution < 1.29 is 9.21 Å². The van der Waals surface area contributed by atoms with Gasteiger partial charge in [0.15, 0.2) is 5.13 Å². The zero-order chi connectivity index (χ0) is 17.1. The molecule has 8 heteroatoms. The quantitative estimate of drug-likeness (QED) is 0.789. The van der Waals surface area contributed by atoms with Crippen LogP contribution in [0.4, 0.5) is 5.13 Å². The van der Waals surface area contributed by atoms with Gasteiger partial charge >= 0.3 is 0 Å². The lowest BCUT2D eigenvalue weighted by Gasteiger charge is -2.24. The van der Waals surface area contributed by atoms with Gasteiger partial charge in [0.25, 0.3) is 0 Å². The van der Waals surface area contributed by atoms with Gasteiger partial charge in [0.2, 0.25) is 11.8 Å². The van der Waals surface area contributed by atoms with E-state index in [1.807, 2.05) is 12.3 Å². The van der Waals surface area contributed by atoms with E-state index >= 15 is 0 Å². The predicted octanol–water partition coefficient (Wildman–Crippen LogP) is 1.61. The van der Waals surface area contributed by atoms with Gasteiger partial charge in [0.1, 0.15) is 5.76 Å². The van der Waals surface area contributed by atoms with E-state index in [4.69, 9.17) is 4.42 Å². The monoisotopic (exact) mass is 349 g/mol. The molecule has 1 aliphatic rings. The Kier molecular flexibility index (Phi) is 5.27. The number of thiazole rings is 1. The molecule has 130 valence electrons. The molecule has 24 heavy (non-hydrogen) atoms. The minimum atomic E-state index is 0.0802. The molecule has 1 unspecified atom stereocenters. The van der Waals surface area contributed by atoms with E-state index in [9.17, 15) is 4.79 Å². The summed E-state index contributed by atoms with van der Waals surface area (Å²) in [6.07, 6.45) is 4.51. The van der Waals surface area contributed by atoms with Crippen LogP contribution in [0.2, 0.25) is 0 Å². The highest BCUT2D eigenvalue weighted by molar-refractivity contribution is 7.13. The molecular weight excluding hydrogens is 326 g/mol. The number of rotatable bonds is 6. The Labute approximate surface area is 145 Å². The van der Waals surface area contributed by atoms with Crippen LogP contribution in [0.25, 0.3) is 0 Å². The third-order valence-electron chi connectivity index (χ3n) is 4.36. The lowest BCUT2D eigenvalue weighted by Crippen LogP contribution is -2.39. The third-order valence-corrected chi connectivity index (χ3v) is 5.21. The Morgan fingerprint density at radius 2 is 2.29 bits per heavy atom. The van der Waals surface area contributed by atoms with Gasteiger partial charge in [-0.3, -0.25) is 19.5 Å². The van der Waals surface area contributed by atoms with Crippen LogP contribution in [-0.2, 0) is 11.3 Å². The van der Waals surface area contributed by atoms with Crippen molar-refractivity contribution in [3.8, 4) is 0 Å². The number of amides is 1. The molecule has 7 nitrogen and oxygen atoms in total. The molecule has 3 heterocycles. The first-order valence-corrected chi connectivity index (χ1v) is 8.91. The van der Waals surface area contributed by atoms with Crippen molar-refractivity contribution in [3.05, 3.63) is 29.4 Å². The highest BCUT2D eigenvalue weighted by Gasteiger charge is 2.28. The van der Waals surface area contributed by atoms with Crippen LogP contribution in [0.15, 0.2) is 22.2 Å². The Hall–Kier alpha value is -1.77. The van der Waals surface area contributed by atoms with Crippen LogP contribution >= 0.6 is 11.3 Å². The van der Waals surface area contributed by atoms with Crippen LogP contribution in [0.3, 0.4) is 0 Å². The van der Waals surface area contributed by atoms with Crippen LogP contribution in [0.1, 0.15) is 18.1 Å². The van der Waals surface area contributed by atoms with Crippen molar-refractivity contribution in [1.82, 2.24) is 19.8 Å². The Morgan fingerprint density at radius 3 is 2.96 bits per heavy atom. The third kappa shape index (κ3) is 4.00. The van der Waals surface area contributed by atoms with E-state index < -0.39 is 0 Å². The summed E-state index contributed by atoms with van der Waals surface area (Å²) in [5.41, 5.74) is 0. The van der Waals surface area contributed by atoms with E-state index in [1.165, 1.54) is 11.3 Å². The van der Waals surface area contributed by atoms with E-state index in [0.717, 1.165) is 36.3 Å². The molecule has 1 amide bonds. The molecule has 0 aromatic carbocycles. The van der Waals surface area contributed by atoms with E-state index in [2.05, 4.69) is 26.8 Å². The normalized spacial score (nSPS) is 18.4. The number of aryl methyl sites for hydroxylation is 1. The molecule has 1 saturated heterocycles. The molecule has 1 fully saturated rings. The first-order valence-electron chi connectivity index (χ1n) is 8.03. The number of carbonyl (C=O) groups excluding carboxylic acids is 1. The fourth-order valence-corrected chi connectivity index (χ4v) is 3.54. The smallest absolute Gasteiger partial charge is 0.242 e. The molecule has 1 atom stereocenters. The fourth-order valence-electron chi connectivity index (χ4n) is 2.92. The Morgan fingerprint density at radius 1 is 1.46 bits per heavy atom.